The van der Waals surface area contributed by atoms with Gasteiger partial charge in [-0.2, -0.15) is 0 Å². The summed E-state index contributed by atoms with van der Waals surface area (Å²) >= 11 is 0. The maximum atomic E-state index is 12.0. The first-order chi connectivity index (χ1) is 7.37. The van der Waals surface area contributed by atoms with Gasteiger partial charge in [0, 0.05) is 19.6 Å². The Morgan fingerprint density at radius 3 is 2.62 bits per heavy atom. The van der Waals surface area contributed by atoms with Crippen LogP contribution in [0.5, 0.6) is 0 Å². The van der Waals surface area contributed by atoms with Crippen LogP contribution in [-0.4, -0.2) is 44.7 Å². The van der Waals surface area contributed by atoms with Crippen molar-refractivity contribution >= 4 is 10.0 Å². The van der Waals surface area contributed by atoms with E-state index in [0.29, 0.717) is 19.6 Å². The molecule has 0 spiro atoms. The molecule has 5 heteroatoms. The van der Waals surface area contributed by atoms with Crippen LogP contribution < -0.4 is 5.32 Å². The van der Waals surface area contributed by atoms with Gasteiger partial charge in [-0.1, -0.05) is 20.8 Å². The molecule has 0 saturated carbocycles. The van der Waals surface area contributed by atoms with Gasteiger partial charge in [0.2, 0.25) is 10.0 Å². The third kappa shape index (κ3) is 4.03. The van der Waals surface area contributed by atoms with Gasteiger partial charge >= 0.3 is 0 Å². The third-order valence-corrected chi connectivity index (χ3v) is 4.86. The van der Waals surface area contributed by atoms with E-state index in [-0.39, 0.29) is 11.2 Å². The zero-order chi connectivity index (χ0) is 12.2. The Balaban J connectivity index is 2.54. The molecule has 1 rings (SSSR count). The van der Waals surface area contributed by atoms with E-state index in [0.717, 1.165) is 19.4 Å². The van der Waals surface area contributed by atoms with Crippen LogP contribution in [0.4, 0.5) is 0 Å². The molecule has 1 aliphatic heterocycles. The zero-order valence-electron chi connectivity index (χ0n) is 10.6. The lowest BCUT2D eigenvalue weighted by Gasteiger charge is -2.37. The first-order valence-corrected chi connectivity index (χ1v) is 7.67. The van der Waals surface area contributed by atoms with E-state index in [1.807, 2.05) is 6.92 Å². The summed E-state index contributed by atoms with van der Waals surface area (Å²) in [7, 11) is -3.06. The Bertz CT molecular complexity index is 312. The molecule has 0 amide bonds. The summed E-state index contributed by atoms with van der Waals surface area (Å²) in [5.74, 6) is 0.219. The van der Waals surface area contributed by atoms with Gasteiger partial charge in [-0.05, 0) is 24.8 Å². The molecule has 1 saturated heterocycles. The Hall–Kier alpha value is -0.130. The van der Waals surface area contributed by atoms with Crippen LogP contribution in [-0.2, 0) is 10.0 Å². The van der Waals surface area contributed by atoms with Gasteiger partial charge in [-0.15, -0.1) is 0 Å². The predicted octanol–water partition coefficient (Wildman–Crippen LogP) is 1.05. The smallest absolute Gasteiger partial charge is 0.215 e. The van der Waals surface area contributed by atoms with E-state index in [1.165, 1.54) is 0 Å². The number of piperidine rings is 1. The highest BCUT2D eigenvalue weighted by Crippen LogP contribution is 2.29. The van der Waals surface area contributed by atoms with Crippen LogP contribution in [0.15, 0.2) is 0 Å². The van der Waals surface area contributed by atoms with E-state index in [9.17, 15) is 8.42 Å². The van der Waals surface area contributed by atoms with Crippen molar-refractivity contribution in [1.82, 2.24) is 9.62 Å². The second-order valence-electron chi connectivity index (χ2n) is 5.27. The molecule has 4 nitrogen and oxygen atoms in total. The molecule has 1 N–H and O–H groups in total. The number of hydrogen-bond donors (Lipinski definition) is 1. The first kappa shape index (κ1) is 13.9. The summed E-state index contributed by atoms with van der Waals surface area (Å²) in [6, 6.07) is 0. The highest BCUT2D eigenvalue weighted by molar-refractivity contribution is 7.89. The second-order valence-corrected chi connectivity index (χ2v) is 7.36. The lowest BCUT2D eigenvalue weighted by Crippen LogP contribution is -2.45. The molecule has 0 aromatic heterocycles. The topological polar surface area (TPSA) is 49.4 Å². The normalized spacial score (nSPS) is 22.2. The molecule has 1 heterocycles. The Labute approximate surface area is 99.5 Å². The molecule has 0 atom stereocenters. The van der Waals surface area contributed by atoms with Crippen molar-refractivity contribution in [2.75, 3.05) is 31.9 Å². The minimum absolute atomic E-state index is 0.128. The van der Waals surface area contributed by atoms with Crippen molar-refractivity contribution in [3.8, 4) is 0 Å². The largest absolute Gasteiger partial charge is 0.316 e. The molecule has 0 radical (unpaired) electrons. The number of hydrogen-bond acceptors (Lipinski definition) is 3. The van der Waals surface area contributed by atoms with Gasteiger partial charge in [0.25, 0.3) is 0 Å². The first-order valence-electron chi connectivity index (χ1n) is 6.06. The lowest BCUT2D eigenvalue weighted by atomic mass is 9.85. The molecule has 0 aromatic rings. The quantitative estimate of drug-likeness (QED) is 0.740. The molecule has 16 heavy (non-hydrogen) atoms. The van der Waals surface area contributed by atoms with Gasteiger partial charge in [-0.25, -0.2) is 12.7 Å². The average Bonchev–Trinajstić information content (AvgIpc) is 2.16. The van der Waals surface area contributed by atoms with Crippen molar-refractivity contribution < 1.29 is 8.42 Å². The van der Waals surface area contributed by atoms with E-state index in [4.69, 9.17) is 0 Å². The summed E-state index contributed by atoms with van der Waals surface area (Å²) in [5.41, 5.74) is 0.128. The Morgan fingerprint density at radius 1 is 1.38 bits per heavy atom. The molecule has 0 aromatic carbocycles. The van der Waals surface area contributed by atoms with Crippen LogP contribution >= 0.6 is 0 Å². The second kappa shape index (κ2) is 5.47. The highest BCUT2D eigenvalue weighted by Gasteiger charge is 2.32. The summed E-state index contributed by atoms with van der Waals surface area (Å²) < 4.78 is 25.7. The number of nitrogens with one attached hydrogen (secondary N) is 1. The predicted molar refractivity (Wildman–Crippen MR) is 66.9 cm³/mol. The van der Waals surface area contributed by atoms with Crippen LogP contribution in [0.3, 0.4) is 0 Å². The molecule has 0 unspecified atom stereocenters. The fraction of sp³-hybridized carbons (Fsp3) is 1.00. The van der Waals surface area contributed by atoms with Crippen molar-refractivity contribution in [2.24, 2.45) is 5.41 Å². The standard InChI is InChI=1S/C11H24N2O2S/c1-4-12-7-9-16(14,15)13-8-5-6-11(2,3)10-13/h12H,4-10H2,1-3H3. The van der Waals surface area contributed by atoms with E-state index < -0.39 is 10.0 Å². The summed E-state index contributed by atoms with van der Waals surface area (Å²) in [4.78, 5) is 0. The SMILES string of the molecule is CCNCCS(=O)(=O)N1CCCC(C)(C)C1. The van der Waals surface area contributed by atoms with Crippen molar-refractivity contribution in [3.05, 3.63) is 0 Å². The minimum Gasteiger partial charge on any atom is -0.316 e. The summed E-state index contributed by atoms with van der Waals surface area (Å²) in [5, 5.41) is 3.06. The molecule has 0 aliphatic carbocycles. The molecule has 0 bridgehead atoms. The summed E-state index contributed by atoms with van der Waals surface area (Å²) in [6.45, 7) is 8.99. The Kier molecular flexibility index (Phi) is 4.76. The van der Waals surface area contributed by atoms with E-state index in [2.05, 4.69) is 19.2 Å². The summed E-state index contributed by atoms with van der Waals surface area (Å²) in [6.07, 6.45) is 2.10. The maximum absolute atomic E-state index is 12.0. The van der Waals surface area contributed by atoms with Crippen LogP contribution in [0, 0.1) is 5.41 Å². The van der Waals surface area contributed by atoms with Crippen molar-refractivity contribution in [3.63, 3.8) is 0 Å². The maximum Gasteiger partial charge on any atom is 0.215 e. The van der Waals surface area contributed by atoms with Gasteiger partial charge in [-0.3, -0.25) is 0 Å². The molecule has 1 aliphatic rings. The van der Waals surface area contributed by atoms with Crippen molar-refractivity contribution in [1.29, 1.82) is 0 Å². The minimum atomic E-state index is -3.06. The Morgan fingerprint density at radius 2 is 2.06 bits per heavy atom. The lowest BCUT2D eigenvalue weighted by molar-refractivity contribution is 0.187. The number of nitrogens with zero attached hydrogens (tertiary/aromatic N) is 1. The van der Waals surface area contributed by atoms with E-state index >= 15 is 0 Å². The van der Waals surface area contributed by atoms with Crippen LogP contribution in [0.2, 0.25) is 0 Å². The van der Waals surface area contributed by atoms with Crippen molar-refractivity contribution in [2.45, 2.75) is 33.6 Å². The van der Waals surface area contributed by atoms with E-state index in [1.54, 1.807) is 4.31 Å². The van der Waals surface area contributed by atoms with Gasteiger partial charge in [0.1, 0.15) is 0 Å². The highest BCUT2D eigenvalue weighted by atomic mass is 32.2. The molecular formula is C11H24N2O2S. The fourth-order valence-electron chi connectivity index (χ4n) is 2.11. The average molecular weight is 248 g/mol. The van der Waals surface area contributed by atoms with Gasteiger partial charge in [0.05, 0.1) is 5.75 Å². The van der Waals surface area contributed by atoms with Gasteiger partial charge in [0.15, 0.2) is 0 Å². The third-order valence-electron chi connectivity index (χ3n) is 3.05. The van der Waals surface area contributed by atoms with Crippen LogP contribution in [0.1, 0.15) is 33.6 Å². The monoisotopic (exact) mass is 248 g/mol. The molecular weight excluding hydrogens is 224 g/mol. The fourth-order valence-corrected chi connectivity index (χ4v) is 3.73. The van der Waals surface area contributed by atoms with Gasteiger partial charge < -0.3 is 5.32 Å². The molecule has 1 fully saturated rings. The number of sulfonamides is 1. The number of rotatable bonds is 5. The zero-order valence-corrected chi connectivity index (χ0v) is 11.4. The molecule has 96 valence electrons. The van der Waals surface area contributed by atoms with Crippen LogP contribution in [0.25, 0.3) is 0 Å².